The number of piperazine rings is 1. The molecule has 0 unspecified atom stereocenters. The Bertz CT molecular complexity index is 1040. The standard InChI is InChI=1S/C24H27N3OS2/c1-17-7-6-10-22(19(17)3)26-11-13-27(14-12-26)23(28)21-9-5-4-8-20(21)16-30-24-25-18(2)15-29-24/h4-10,15H,11-14,16H2,1-3H3. The molecule has 0 aliphatic carbocycles. The molecule has 156 valence electrons. The van der Waals surface area contributed by atoms with Crippen molar-refractivity contribution in [3.63, 3.8) is 0 Å². The third-order valence-electron chi connectivity index (χ3n) is 5.68. The van der Waals surface area contributed by atoms with Crippen molar-refractivity contribution in [1.82, 2.24) is 9.88 Å². The predicted octanol–water partition coefficient (Wildman–Crippen LogP) is 5.32. The van der Waals surface area contributed by atoms with E-state index in [-0.39, 0.29) is 5.91 Å². The van der Waals surface area contributed by atoms with Gasteiger partial charge in [0.15, 0.2) is 0 Å². The number of rotatable bonds is 5. The minimum Gasteiger partial charge on any atom is -0.368 e. The number of benzene rings is 2. The predicted molar refractivity (Wildman–Crippen MR) is 127 cm³/mol. The van der Waals surface area contributed by atoms with Gasteiger partial charge in [-0.25, -0.2) is 4.98 Å². The molecular formula is C24H27N3OS2. The van der Waals surface area contributed by atoms with Gasteiger partial charge in [-0.2, -0.15) is 0 Å². The first-order valence-electron chi connectivity index (χ1n) is 10.3. The van der Waals surface area contributed by atoms with Gasteiger partial charge in [0.2, 0.25) is 0 Å². The topological polar surface area (TPSA) is 36.4 Å². The van der Waals surface area contributed by atoms with Gasteiger partial charge in [-0.15, -0.1) is 11.3 Å². The van der Waals surface area contributed by atoms with Crippen molar-refractivity contribution in [2.75, 3.05) is 31.1 Å². The molecule has 0 spiro atoms. The first-order valence-corrected chi connectivity index (χ1v) is 12.1. The monoisotopic (exact) mass is 437 g/mol. The summed E-state index contributed by atoms with van der Waals surface area (Å²) in [5.74, 6) is 0.902. The third-order valence-corrected chi connectivity index (χ3v) is 7.87. The quantitative estimate of drug-likeness (QED) is 0.506. The van der Waals surface area contributed by atoms with Crippen LogP contribution >= 0.6 is 23.1 Å². The third kappa shape index (κ3) is 4.55. The molecule has 0 atom stereocenters. The fourth-order valence-electron chi connectivity index (χ4n) is 3.79. The molecule has 0 radical (unpaired) electrons. The molecule has 4 rings (SSSR count). The van der Waals surface area contributed by atoms with E-state index in [1.54, 1.807) is 23.1 Å². The first kappa shape index (κ1) is 20.9. The number of nitrogens with zero attached hydrogens (tertiary/aromatic N) is 3. The van der Waals surface area contributed by atoms with Crippen LogP contribution in [0, 0.1) is 20.8 Å². The molecule has 2 heterocycles. The molecular weight excluding hydrogens is 410 g/mol. The molecule has 1 aliphatic heterocycles. The maximum atomic E-state index is 13.3. The Kier molecular flexibility index (Phi) is 6.44. The zero-order valence-corrected chi connectivity index (χ0v) is 19.4. The maximum Gasteiger partial charge on any atom is 0.254 e. The smallest absolute Gasteiger partial charge is 0.254 e. The molecule has 2 aromatic carbocycles. The lowest BCUT2D eigenvalue weighted by Gasteiger charge is -2.37. The minimum atomic E-state index is 0.141. The van der Waals surface area contributed by atoms with Crippen LogP contribution in [0.1, 0.15) is 32.7 Å². The SMILES string of the molecule is Cc1csc(SCc2ccccc2C(=O)N2CCN(c3cccc(C)c3C)CC2)n1. The number of hydrogen-bond acceptors (Lipinski definition) is 5. The van der Waals surface area contributed by atoms with Crippen molar-refractivity contribution in [2.24, 2.45) is 0 Å². The molecule has 1 amide bonds. The summed E-state index contributed by atoms with van der Waals surface area (Å²) in [4.78, 5) is 22.2. The van der Waals surface area contributed by atoms with E-state index < -0.39 is 0 Å². The number of amides is 1. The van der Waals surface area contributed by atoms with Crippen LogP contribution in [0.2, 0.25) is 0 Å². The second-order valence-electron chi connectivity index (χ2n) is 7.70. The highest BCUT2D eigenvalue weighted by Gasteiger charge is 2.24. The van der Waals surface area contributed by atoms with Crippen molar-refractivity contribution in [1.29, 1.82) is 0 Å². The van der Waals surface area contributed by atoms with Crippen molar-refractivity contribution >= 4 is 34.7 Å². The van der Waals surface area contributed by atoms with Crippen LogP contribution < -0.4 is 4.90 Å². The van der Waals surface area contributed by atoms with Gasteiger partial charge in [-0.3, -0.25) is 4.79 Å². The van der Waals surface area contributed by atoms with Crippen LogP contribution in [0.4, 0.5) is 5.69 Å². The lowest BCUT2D eigenvalue weighted by molar-refractivity contribution is 0.0746. The van der Waals surface area contributed by atoms with E-state index in [9.17, 15) is 4.79 Å². The summed E-state index contributed by atoms with van der Waals surface area (Å²) >= 11 is 3.36. The van der Waals surface area contributed by atoms with Gasteiger partial charge in [0.25, 0.3) is 5.91 Å². The van der Waals surface area contributed by atoms with Crippen LogP contribution in [-0.2, 0) is 5.75 Å². The van der Waals surface area contributed by atoms with Crippen LogP contribution in [0.15, 0.2) is 52.2 Å². The molecule has 0 bridgehead atoms. The fraction of sp³-hybridized carbons (Fsp3) is 0.333. The molecule has 3 aromatic rings. The summed E-state index contributed by atoms with van der Waals surface area (Å²) in [6, 6.07) is 14.5. The molecule has 0 saturated carbocycles. The number of thiazole rings is 1. The average Bonchev–Trinajstić information content (AvgIpc) is 3.19. The Morgan fingerprint density at radius 2 is 1.80 bits per heavy atom. The summed E-state index contributed by atoms with van der Waals surface area (Å²) in [6.45, 7) is 9.58. The van der Waals surface area contributed by atoms with Gasteiger partial charge in [0.1, 0.15) is 4.34 Å². The molecule has 1 saturated heterocycles. The van der Waals surface area contributed by atoms with Gasteiger partial charge in [-0.1, -0.05) is 42.1 Å². The van der Waals surface area contributed by atoms with Gasteiger partial charge in [0.05, 0.1) is 0 Å². The highest BCUT2D eigenvalue weighted by atomic mass is 32.2. The Labute approximate surface area is 186 Å². The molecule has 0 N–H and O–H groups in total. The van der Waals surface area contributed by atoms with Crippen molar-refractivity contribution < 1.29 is 4.79 Å². The lowest BCUT2D eigenvalue weighted by Crippen LogP contribution is -2.49. The van der Waals surface area contributed by atoms with Crippen molar-refractivity contribution in [3.8, 4) is 0 Å². The summed E-state index contributed by atoms with van der Waals surface area (Å²) in [7, 11) is 0. The number of aromatic nitrogens is 1. The van der Waals surface area contributed by atoms with E-state index in [1.165, 1.54) is 16.8 Å². The number of anilines is 1. The molecule has 1 aromatic heterocycles. The zero-order valence-electron chi connectivity index (χ0n) is 17.7. The van der Waals surface area contributed by atoms with E-state index in [1.807, 2.05) is 30.0 Å². The number of thioether (sulfide) groups is 1. The molecule has 30 heavy (non-hydrogen) atoms. The van der Waals surface area contributed by atoms with E-state index in [2.05, 4.69) is 53.4 Å². The Morgan fingerprint density at radius 3 is 2.53 bits per heavy atom. The van der Waals surface area contributed by atoms with Crippen LogP contribution in [0.5, 0.6) is 0 Å². The van der Waals surface area contributed by atoms with Crippen LogP contribution in [0.25, 0.3) is 0 Å². The number of hydrogen-bond donors (Lipinski definition) is 0. The Hall–Kier alpha value is -2.31. The molecule has 6 heteroatoms. The van der Waals surface area contributed by atoms with Gasteiger partial charge < -0.3 is 9.80 Å². The number of carbonyl (C=O) groups excluding carboxylic acids is 1. The van der Waals surface area contributed by atoms with Gasteiger partial charge >= 0.3 is 0 Å². The van der Waals surface area contributed by atoms with Gasteiger partial charge in [0, 0.05) is 54.3 Å². The summed E-state index contributed by atoms with van der Waals surface area (Å²) in [5.41, 5.74) is 6.88. The Morgan fingerprint density at radius 1 is 1.03 bits per heavy atom. The first-order chi connectivity index (χ1) is 14.5. The minimum absolute atomic E-state index is 0.141. The van der Waals surface area contributed by atoms with Crippen LogP contribution in [0.3, 0.4) is 0 Å². The lowest BCUT2D eigenvalue weighted by atomic mass is 10.1. The number of carbonyl (C=O) groups is 1. The Balaban J connectivity index is 1.42. The van der Waals surface area contributed by atoms with E-state index >= 15 is 0 Å². The summed E-state index contributed by atoms with van der Waals surface area (Å²) < 4.78 is 1.05. The van der Waals surface area contributed by atoms with E-state index in [0.29, 0.717) is 0 Å². The van der Waals surface area contributed by atoms with E-state index in [0.717, 1.165) is 53.1 Å². The molecule has 1 aliphatic rings. The molecule has 4 nitrogen and oxygen atoms in total. The van der Waals surface area contributed by atoms with Gasteiger partial charge in [-0.05, 0) is 49.6 Å². The van der Waals surface area contributed by atoms with E-state index in [4.69, 9.17) is 0 Å². The second-order valence-corrected chi connectivity index (χ2v) is 9.78. The summed E-state index contributed by atoms with van der Waals surface area (Å²) in [6.07, 6.45) is 0. The number of aryl methyl sites for hydroxylation is 2. The normalized spacial score (nSPS) is 14.2. The highest BCUT2D eigenvalue weighted by molar-refractivity contribution is 8.00. The average molecular weight is 438 g/mol. The summed E-state index contributed by atoms with van der Waals surface area (Å²) in [5, 5.41) is 2.06. The fourth-order valence-corrected chi connectivity index (χ4v) is 5.65. The zero-order chi connectivity index (χ0) is 21.1. The molecule has 1 fully saturated rings. The maximum absolute atomic E-state index is 13.3. The largest absolute Gasteiger partial charge is 0.368 e. The second kappa shape index (κ2) is 9.23. The van der Waals surface area contributed by atoms with Crippen LogP contribution in [-0.4, -0.2) is 42.0 Å². The van der Waals surface area contributed by atoms with Crippen molar-refractivity contribution in [3.05, 3.63) is 75.8 Å². The highest BCUT2D eigenvalue weighted by Crippen LogP contribution is 2.28. The van der Waals surface area contributed by atoms with Crippen molar-refractivity contribution in [2.45, 2.75) is 30.9 Å².